The van der Waals surface area contributed by atoms with E-state index in [0.717, 1.165) is 53.6 Å². The van der Waals surface area contributed by atoms with E-state index in [2.05, 4.69) is 20.8 Å². The van der Waals surface area contributed by atoms with Gasteiger partial charge in [-0.3, -0.25) is 4.79 Å². The average Bonchev–Trinajstić information content (AvgIpc) is 2.82. The zero-order valence-corrected chi connectivity index (χ0v) is 20.8. The average molecular weight is 506 g/mol. The summed E-state index contributed by atoms with van der Waals surface area (Å²) >= 11 is 0. The Bertz CT molecular complexity index is 1070. The Hall–Kier alpha value is -3.03. The molecule has 5 nitrogen and oxygen atoms in total. The number of hydrogen-bond acceptors (Lipinski definition) is 3. The van der Waals surface area contributed by atoms with E-state index < -0.39 is 18.1 Å². The van der Waals surface area contributed by atoms with E-state index in [1.165, 1.54) is 19.3 Å². The standard InChI is InChI=1S/C26H33NO2.C2HF3O2/c1-17-19(15-22-16-24(17)26(22,2)3)8-5-13-29-23-11-9-18(10-12-23)20-6-4-7-21(14-20)25(27)28;3-2(4,5)1(6)7/h4,6-7,9-12,14,17,19,22,24H,5,8,13,15-16H2,1-3H3,(H2,27,28);(H,6,7)/t17-,19+,22+,24+;/m0./s1. The number of ether oxygens (including phenoxy) is 1. The van der Waals surface area contributed by atoms with E-state index in [1.807, 2.05) is 42.5 Å². The van der Waals surface area contributed by atoms with Crippen LogP contribution in [0.25, 0.3) is 11.1 Å². The van der Waals surface area contributed by atoms with Crippen molar-refractivity contribution in [2.75, 3.05) is 6.61 Å². The second kappa shape index (κ2) is 10.9. The van der Waals surface area contributed by atoms with Crippen LogP contribution < -0.4 is 10.5 Å². The SMILES string of the molecule is C[C@H]1[C@H](CCCOc2ccc(-c3cccc(C(N)=O)c3)cc2)C[C@@H]2C[C@H]1C2(C)C.O=C(O)C(F)(F)F. The van der Waals surface area contributed by atoms with E-state index >= 15 is 0 Å². The number of hydrogen-bond donors (Lipinski definition) is 2. The molecular weight excluding hydrogens is 471 g/mol. The molecule has 0 aliphatic heterocycles. The van der Waals surface area contributed by atoms with Crippen molar-refractivity contribution in [3.05, 3.63) is 54.1 Å². The van der Waals surface area contributed by atoms with Crippen LogP contribution in [0.2, 0.25) is 0 Å². The first-order chi connectivity index (χ1) is 16.8. The predicted octanol–water partition coefficient (Wildman–Crippen LogP) is 6.56. The first-order valence-corrected chi connectivity index (χ1v) is 12.2. The van der Waals surface area contributed by atoms with Gasteiger partial charge < -0.3 is 15.6 Å². The number of benzene rings is 2. The maximum Gasteiger partial charge on any atom is 0.490 e. The van der Waals surface area contributed by atoms with Crippen molar-refractivity contribution in [3.63, 3.8) is 0 Å². The fourth-order valence-corrected chi connectivity index (χ4v) is 5.77. The second-order valence-corrected chi connectivity index (χ2v) is 10.5. The molecule has 3 aliphatic rings. The number of carbonyl (C=O) groups is 2. The molecule has 0 aromatic heterocycles. The van der Waals surface area contributed by atoms with E-state index in [1.54, 1.807) is 6.07 Å². The van der Waals surface area contributed by atoms with Gasteiger partial charge in [0.05, 0.1) is 6.61 Å². The maximum absolute atomic E-state index is 11.4. The van der Waals surface area contributed by atoms with Crippen LogP contribution in [-0.2, 0) is 4.79 Å². The minimum absolute atomic E-state index is 0.403. The van der Waals surface area contributed by atoms with Gasteiger partial charge in [0.1, 0.15) is 5.75 Å². The molecule has 0 spiro atoms. The summed E-state index contributed by atoms with van der Waals surface area (Å²) < 4.78 is 37.7. The highest BCUT2D eigenvalue weighted by Gasteiger charge is 2.55. The molecule has 5 rings (SSSR count). The number of aliphatic carboxylic acids is 1. The number of carbonyl (C=O) groups excluding carboxylic acids is 1. The van der Waals surface area contributed by atoms with Crippen molar-refractivity contribution in [2.45, 2.75) is 52.6 Å². The highest BCUT2D eigenvalue weighted by atomic mass is 19.4. The van der Waals surface area contributed by atoms with Gasteiger partial charge in [0.2, 0.25) is 5.91 Å². The molecule has 36 heavy (non-hydrogen) atoms. The Morgan fingerprint density at radius 3 is 2.25 bits per heavy atom. The van der Waals surface area contributed by atoms with Gasteiger partial charge in [-0.15, -0.1) is 0 Å². The fraction of sp³-hybridized carbons (Fsp3) is 0.500. The van der Waals surface area contributed by atoms with Gasteiger partial charge in [-0.1, -0.05) is 45.0 Å². The fourth-order valence-electron chi connectivity index (χ4n) is 5.77. The number of rotatable bonds is 7. The zero-order valence-electron chi connectivity index (χ0n) is 20.8. The third-order valence-electron chi connectivity index (χ3n) is 8.08. The Labute approximate surface area is 209 Å². The van der Waals surface area contributed by atoms with Crippen LogP contribution in [0.4, 0.5) is 13.2 Å². The highest BCUT2D eigenvalue weighted by Crippen LogP contribution is 2.63. The molecule has 2 aromatic rings. The van der Waals surface area contributed by atoms with Crippen molar-refractivity contribution >= 4 is 11.9 Å². The number of carboxylic acid groups (broad SMARTS) is 1. The third kappa shape index (κ3) is 6.39. The van der Waals surface area contributed by atoms with Crippen molar-refractivity contribution in [1.82, 2.24) is 0 Å². The minimum atomic E-state index is -5.08. The van der Waals surface area contributed by atoms with E-state index in [9.17, 15) is 18.0 Å². The van der Waals surface area contributed by atoms with Crippen molar-refractivity contribution in [1.29, 1.82) is 0 Å². The Morgan fingerprint density at radius 1 is 1.08 bits per heavy atom. The smallest absolute Gasteiger partial charge is 0.490 e. The summed E-state index contributed by atoms with van der Waals surface area (Å²) in [5.41, 5.74) is 8.52. The van der Waals surface area contributed by atoms with Gasteiger partial charge >= 0.3 is 12.1 Å². The van der Waals surface area contributed by atoms with Crippen molar-refractivity contribution in [3.8, 4) is 16.9 Å². The minimum Gasteiger partial charge on any atom is -0.494 e. The molecule has 3 saturated carbocycles. The number of fused-ring (bicyclic) bond motifs is 2. The number of halogens is 3. The highest BCUT2D eigenvalue weighted by molar-refractivity contribution is 5.94. The summed E-state index contributed by atoms with van der Waals surface area (Å²) in [6.45, 7) is 8.18. The first-order valence-electron chi connectivity index (χ1n) is 12.2. The molecule has 2 aromatic carbocycles. The molecule has 4 atom stereocenters. The molecule has 0 saturated heterocycles. The van der Waals surface area contributed by atoms with Gasteiger partial charge in [-0.05, 0) is 90.2 Å². The van der Waals surface area contributed by atoms with Crippen LogP contribution in [0.1, 0.15) is 56.8 Å². The van der Waals surface area contributed by atoms with E-state index in [4.69, 9.17) is 20.4 Å². The summed E-state index contributed by atoms with van der Waals surface area (Å²) in [5.74, 6) is 1.33. The van der Waals surface area contributed by atoms with Gasteiger partial charge in [-0.25, -0.2) is 4.79 Å². The Kier molecular flexibility index (Phi) is 8.37. The van der Waals surface area contributed by atoms with E-state index in [0.29, 0.717) is 11.0 Å². The van der Waals surface area contributed by atoms with Crippen LogP contribution in [-0.4, -0.2) is 29.8 Å². The van der Waals surface area contributed by atoms with Crippen molar-refractivity contribution in [2.24, 2.45) is 34.8 Å². The lowest BCUT2D eigenvalue weighted by molar-refractivity contribution is -0.192. The number of alkyl halides is 3. The Morgan fingerprint density at radius 2 is 1.72 bits per heavy atom. The maximum atomic E-state index is 11.4. The van der Waals surface area contributed by atoms with Crippen LogP contribution in [0, 0.1) is 29.1 Å². The van der Waals surface area contributed by atoms with Crippen LogP contribution in [0.3, 0.4) is 0 Å². The molecule has 3 N–H and O–H groups in total. The number of amides is 1. The molecule has 0 heterocycles. The number of nitrogens with two attached hydrogens (primary N) is 1. The second-order valence-electron chi connectivity index (χ2n) is 10.5. The summed E-state index contributed by atoms with van der Waals surface area (Å²) in [4.78, 5) is 20.3. The van der Waals surface area contributed by atoms with Crippen LogP contribution >= 0.6 is 0 Å². The molecule has 0 radical (unpaired) electrons. The summed E-state index contributed by atoms with van der Waals surface area (Å²) in [5, 5.41) is 7.12. The number of primary amides is 1. The van der Waals surface area contributed by atoms with E-state index in [-0.39, 0.29) is 0 Å². The largest absolute Gasteiger partial charge is 0.494 e. The number of carboxylic acids is 1. The van der Waals surface area contributed by atoms with Gasteiger partial charge in [-0.2, -0.15) is 13.2 Å². The van der Waals surface area contributed by atoms with Crippen LogP contribution in [0.15, 0.2) is 48.5 Å². The molecule has 0 unspecified atom stereocenters. The Balaban J connectivity index is 0.000000454. The summed E-state index contributed by atoms with van der Waals surface area (Å²) in [7, 11) is 0. The summed E-state index contributed by atoms with van der Waals surface area (Å²) in [6.07, 6.45) is 0.180. The lowest BCUT2D eigenvalue weighted by Crippen LogP contribution is -2.54. The summed E-state index contributed by atoms with van der Waals surface area (Å²) in [6, 6.07) is 15.5. The van der Waals surface area contributed by atoms with Gasteiger partial charge in [0.25, 0.3) is 0 Å². The van der Waals surface area contributed by atoms with Crippen molar-refractivity contribution < 1.29 is 32.6 Å². The zero-order chi connectivity index (χ0) is 26.7. The molecule has 3 aliphatic carbocycles. The van der Waals surface area contributed by atoms with Gasteiger partial charge in [0.15, 0.2) is 0 Å². The monoisotopic (exact) mass is 505 g/mol. The topological polar surface area (TPSA) is 89.6 Å². The first kappa shape index (κ1) is 27.6. The third-order valence-corrected chi connectivity index (χ3v) is 8.08. The van der Waals surface area contributed by atoms with Gasteiger partial charge in [0, 0.05) is 5.56 Å². The quantitative estimate of drug-likeness (QED) is 0.417. The molecule has 2 bridgehead atoms. The molecular formula is C28H34F3NO4. The lowest BCUT2D eigenvalue weighted by Gasteiger charge is -2.62. The van der Waals surface area contributed by atoms with Crippen LogP contribution in [0.5, 0.6) is 5.75 Å². The molecule has 1 amide bonds. The lowest BCUT2D eigenvalue weighted by atomic mass is 9.43. The molecule has 196 valence electrons. The predicted molar refractivity (Wildman–Crippen MR) is 131 cm³/mol. The normalized spacial score (nSPS) is 24.1. The molecule has 3 fully saturated rings. The molecule has 8 heteroatoms.